The topological polar surface area (TPSA) is 56.7 Å². The minimum Gasteiger partial charge on any atom is -0.506 e. The smallest absolute Gasteiger partial charge is 0.196 e. The molecule has 1 aromatic rings. The summed E-state index contributed by atoms with van der Waals surface area (Å²) in [6.45, 7) is 7.26. The Morgan fingerprint density at radius 2 is 1.86 bits per heavy atom. The normalized spacial score (nSPS) is 17.3. The van der Waals surface area contributed by atoms with Crippen LogP contribution in [0.2, 0.25) is 0 Å². The van der Waals surface area contributed by atoms with E-state index in [2.05, 4.69) is 31.4 Å². The van der Waals surface area contributed by atoms with Crippen LogP contribution in [0.5, 0.6) is 5.75 Å². The molecule has 1 aliphatic rings. The van der Waals surface area contributed by atoms with E-state index in [0.29, 0.717) is 11.7 Å². The number of anilines is 1. The van der Waals surface area contributed by atoms with Gasteiger partial charge < -0.3 is 15.7 Å². The zero-order valence-electron chi connectivity index (χ0n) is 14.0. The molecule has 4 nitrogen and oxygen atoms in total. The molecule has 0 saturated heterocycles. The van der Waals surface area contributed by atoms with Gasteiger partial charge in [-0.25, -0.2) is 0 Å². The third kappa shape index (κ3) is 5.58. The molecule has 1 fully saturated rings. The first-order chi connectivity index (χ1) is 10.4. The second kappa shape index (κ2) is 7.52. The van der Waals surface area contributed by atoms with Crippen LogP contribution < -0.4 is 10.6 Å². The molecule has 0 aliphatic heterocycles. The number of hydrogen-bond donors (Lipinski definition) is 3. The molecule has 0 aromatic heterocycles. The van der Waals surface area contributed by atoms with E-state index in [1.54, 1.807) is 6.07 Å². The van der Waals surface area contributed by atoms with Crippen molar-refractivity contribution in [1.29, 1.82) is 0 Å². The fourth-order valence-electron chi connectivity index (χ4n) is 2.58. The molecule has 1 aliphatic carbocycles. The largest absolute Gasteiger partial charge is 0.506 e. The molecule has 4 heteroatoms. The Kier molecular flexibility index (Phi) is 5.69. The number of nitrogens with zero attached hydrogens (tertiary/aromatic N) is 1. The highest BCUT2D eigenvalue weighted by molar-refractivity contribution is 5.95. The van der Waals surface area contributed by atoms with Gasteiger partial charge in [0.05, 0.1) is 5.69 Å². The van der Waals surface area contributed by atoms with Gasteiger partial charge in [0.2, 0.25) is 0 Å². The van der Waals surface area contributed by atoms with Gasteiger partial charge in [-0.05, 0) is 30.4 Å². The van der Waals surface area contributed by atoms with Crippen molar-refractivity contribution in [3.63, 3.8) is 0 Å². The predicted molar refractivity (Wildman–Crippen MR) is 93.5 cm³/mol. The Morgan fingerprint density at radius 1 is 1.18 bits per heavy atom. The lowest BCUT2D eigenvalue weighted by atomic mass is 9.95. The van der Waals surface area contributed by atoms with Crippen LogP contribution in [0.1, 0.15) is 52.9 Å². The molecular weight excluding hydrogens is 274 g/mol. The van der Waals surface area contributed by atoms with Crippen molar-refractivity contribution in [2.75, 3.05) is 11.9 Å². The van der Waals surface area contributed by atoms with Crippen molar-refractivity contribution in [2.45, 2.75) is 58.9 Å². The first-order valence-electron chi connectivity index (χ1n) is 8.30. The molecule has 0 unspecified atom stereocenters. The van der Waals surface area contributed by atoms with Crippen LogP contribution in [0.15, 0.2) is 29.3 Å². The molecule has 0 heterocycles. The fourth-order valence-corrected chi connectivity index (χ4v) is 2.58. The van der Waals surface area contributed by atoms with E-state index in [4.69, 9.17) is 4.99 Å². The molecule has 0 spiro atoms. The summed E-state index contributed by atoms with van der Waals surface area (Å²) < 4.78 is 0. The van der Waals surface area contributed by atoms with Crippen molar-refractivity contribution in [3.05, 3.63) is 24.3 Å². The molecule has 1 saturated carbocycles. The van der Waals surface area contributed by atoms with Gasteiger partial charge in [0.1, 0.15) is 5.75 Å². The highest BCUT2D eigenvalue weighted by Gasteiger charge is 2.16. The Labute approximate surface area is 134 Å². The predicted octanol–water partition coefficient (Wildman–Crippen LogP) is 4.13. The third-order valence-electron chi connectivity index (χ3n) is 3.81. The SMILES string of the molecule is CC(C)(C)CN=C(Nc1ccccc1O)NC1CCCCC1. The van der Waals surface area contributed by atoms with Gasteiger partial charge in [-0.3, -0.25) is 4.99 Å². The first kappa shape index (κ1) is 16.7. The van der Waals surface area contributed by atoms with Crippen molar-refractivity contribution < 1.29 is 5.11 Å². The minimum absolute atomic E-state index is 0.139. The Hall–Kier alpha value is -1.71. The number of aromatic hydroxyl groups is 1. The van der Waals surface area contributed by atoms with Gasteiger partial charge in [0.15, 0.2) is 5.96 Å². The first-order valence-corrected chi connectivity index (χ1v) is 8.30. The minimum atomic E-state index is 0.139. The van der Waals surface area contributed by atoms with Crippen molar-refractivity contribution in [1.82, 2.24) is 5.32 Å². The highest BCUT2D eigenvalue weighted by Crippen LogP contribution is 2.22. The summed E-state index contributed by atoms with van der Waals surface area (Å²) in [4.78, 5) is 4.71. The monoisotopic (exact) mass is 303 g/mol. The highest BCUT2D eigenvalue weighted by atomic mass is 16.3. The maximum atomic E-state index is 9.95. The van der Waals surface area contributed by atoms with E-state index < -0.39 is 0 Å². The molecule has 0 radical (unpaired) electrons. The zero-order chi connectivity index (χ0) is 16.0. The van der Waals surface area contributed by atoms with E-state index in [1.165, 1.54) is 32.1 Å². The number of guanidine groups is 1. The van der Waals surface area contributed by atoms with Crippen LogP contribution in [0.25, 0.3) is 0 Å². The second-order valence-corrected chi connectivity index (χ2v) is 7.35. The lowest BCUT2D eigenvalue weighted by Gasteiger charge is -2.26. The number of phenolic OH excluding ortho intramolecular Hbond substituents is 1. The number of hydrogen-bond acceptors (Lipinski definition) is 2. The third-order valence-corrected chi connectivity index (χ3v) is 3.81. The Bertz CT molecular complexity index is 499. The summed E-state index contributed by atoms with van der Waals surface area (Å²) >= 11 is 0. The van der Waals surface area contributed by atoms with Crippen LogP contribution in [0.3, 0.4) is 0 Å². The zero-order valence-corrected chi connectivity index (χ0v) is 14.0. The van der Waals surface area contributed by atoms with Crippen LogP contribution in [-0.4, -0.2) is 23.7 Å². The lowest BCUT2D eigenvalue weighted by molar-refractivity contribution is 0.407. The van der Waals surface area contributed by atoms with Crippen molar-refractivity contribution >= 4 is 11.6 Å². The Morgan fingerprint density at radius 3 is 2.50 bits per heavy atom. The van der Waals surface area contributed by atoms with E-state index in [-0.39, 0.29) is 11.2 Å². The van der Waals surface area contributed by atoms with Crippen molar-refractivity contribution in [2.24, 2.45) is 10.4 Å². The van der Waals surface area contributed by atoms with E-state index in [9.17, 15) is 5.11 Å². The van der Waals surface area contributed by atoms with Crippen LogP contribution in [0, 0.1) is 5.41 Å². The fraction of sp³-hybridized carbons (Fsp3) is 0.611. The summed E-state index contributed by atoms with van der Waals surface area (Å²) in [6, 6.07) is 7.76. The van der Waals surface area contributed by atoms with Gasteiger partial charge in [-0.15, -0.1) is 0 Å². The number of benzene rings is 1. The molecule has 122 valence electrons. The lowest BCUT2D eigenvalue weighted by Crippen LogP contribution is -2.40. The Balaban J connectivity index is 2.08. The number of nitrogens with one attached hydrogen (secondary N) is 2. The molecule has 22 heavy (non-hydrogen) atoms. The maximum Gasteiger partial charge on any atom is 0.196 e. The summed E-state index contributed by atoms with van der Waals surface area (Å²) in [7, 11) is 0. The molecular formula is C18H29N3O. The standard InChI is InChI=1S/C18H29N3O/c1-18(2,3)13-19-17(20-14-9-5-4-6-10-14)21-15-11-7-8-12-16(15)22/h7-8,11-12,14,22H,4-6,9-10,13H2,1-3H3,(H2,19,20,21). The quantitative estimate of drug-likeness (QED) is 0.447. The second-order valence-electron chi connectivity index (χ2n) is 7.35. The molecule has 2 rings (SSSR count). The summed E-state index contributed by atoms with van der Waals surface area (Å²) in [5.41, 5.74) is 0.832. The van der Waals surface area contributed by atoms with E-state index >= 15 is 0 Å². The summed E-state index contributed by atoms with van der Waals surface area (Å²) in [6.07, 6.45) is 6.27. The van der Waals surface area contributed by atoms with E-state index in [1.807, 2.05) is 18.2 Å². The number of aliphatic imine (C=N–C) groups is 1. The summed E-state index contributed by atoms with van der Waals surface area (Å²) in [5, 5.41) is 16.7. The number of rotatable bonds is 3. The molecule has 1 aromatic carbocycles. The molecule has 0 bridgehead atoms. The average Bonchev–Trinajstić information content (AvgIpc) is 2.47. The number of phenols is 1. The summed E-state index contributed by atoms with van der Waals surface area (Å²) in [5.74, 6) is 1.01. The average molecular weight is 303 g/mol. The molecule has 0 amide bonds. The van der Waals surface area contributed by atoms with Crippen LogP contribution in [-0.2, 0) is 0 Å². The van der Waals surface area contributed by atoms with Gasteiger partial charge in [-0.1, -0.05) is 52.2 Å². The maximum absolute atomic E-state index is 9.95. The van der Waals surface area contributed by atoms with Crippen LogP contribution >= 0.6 is 0 Å². The van der Waals surface area contributed by atoms with Crippen molar-refractivity contribution in [3.8, 4) is 5.75 Å². The van der Waals surface area contributed by atoms with Gasteiger partial charge in [0, 0.05) is 12.6 Å². The molecule has 3 N–H and O–H groups in total. The molecule has 0 atom stereocenters. The van der Waals surface area contributed by atoms with Gasteiger partial charge in [-0.2, -0.15) is 0 Å². The van der Waals surface area contributed by atoms with E-state index in [0.717, 1.165) is 12.5 Å². The van der Waals surface area contributed by atoms with Crippen LogP contribution in [0.4, 0.5) is 5.69 Å². The van der Waals surface area contributed by atoms with Gasteiger partial charge in [0.25, 0.3) is 0 Å². The number of para-hydroxylation sites is 2. The van der Waals surface area contributed by atoms with Gasteiger partial charge >= 0.3 is 0 Å².